The van der Waals surface area contributed by atoms with E-state index < -0.39 is 23.7 Å². The topological polar surface area (TPSA) is 67.4 Å². The fraction of sp³-hybridized carbons (Fsp3) is 0.125. The second-order valence-electron chi connectivity index (χ2n) is 4.64. The molecular weight excluding hydrogens is 323 g/mol. The minimum Gasteiger partial charge on any atom is -0.478 e. The number of hydrogen-bond acceptors (Lipinski definition) is 3. The van der Waals surface area contributed by atoms with E-state index in [4.69, 9.17) is 16.3 Å². The van der Waals surface area contributed by atoms with Gasteiger partial charge in [-0.2, -0.15) is 0 Å². The lowest BCUT2D eigenvalue weighted by molar-refractivity contribution is -0.128. The molecule has 2 amide bonds. The number of halogens is 2. The summed E-state index contributed by atoms with van der Waals surface area (Å²) in [5.41, 5.74) is 4.79. The lowest BCUT2D eigenvalue weighted by Gasteiger charge is -2.15. The summed E-state index contributed by atoms with van der Waals surface area (Å²) in [6.07, 6.45) is -0.989. The second kappa shape index (κ2) is 7.60. The third-order valence-corrected chi connectivity index (χ3v) is 3.17. The van der Waals surface area contributed by atoms with Crippen LogP contribution in [0.2, 0.25) is 5.02 Å². The number of rotatable bonds is 4. The van der Waals surface area contributed by atoms with E-state index in [2.05, 4.69) is 10.9 Å². The van der Waals surface area contributed by atoms with Gasteiger partial charge in [0.2, 0.25) is 0 Å². The first-order valence-corrected chi connectivity index (χ1v) is 7.12. The molecule has 2 N–H and O–H groups in total. The molecule has 2 aromatic carbocycles. The van der Waals surface area contributed by atoms with Gasteiger partial charge in [0.1, 0.15) is 0 Å². The van der Waals surface area contributed by atoms with Crippen LogP contribution in [0.5, 0.6) is 5.75 Å². The average Bonchev–Trinajstić information content (AvgIpc) is 2.55. The van der Waals surface area contributed by atoms with E-state index in [1.54, 1.807) is 18.2 Å². The van der Waals surface area contributed by atoms with E-state index in [0.717, 1.165) is 0 Å². The highest BCUT2D eigenvalue weighted by molar-refractivity contribution is 6.30. The Hall–Kier alpha value is -2.60. The van der Waals surface area contributed by atoms with Crippen molar-refractivity contribution in [3.63, 3.8) is 0 Å². The summed E-state index contributed by atoms with van der Waals surface area (Å²) in [5, 5.41) is 0.498. The molecule has 2 rings (SSSR count). The molecule has 0 aliphatic carbocycles. The molecule has 0 aliphatic heterocycles. The Bertz CT molecular complexity index is 707. The van der Waals surface area contributed by atoms with E-state index in [9.17, 15) is 14.0 Å². The van der Waals surface area contributed by atoms with E-state index >= 15 is 0 Å². The highest BCUT2D eigenvalue weighted by Crippen LogP contribution is 2.16. The molecule has 0 heterocycles. The Morgan fingerprint density at radius 2 is 1.74 bits per heavy atom. The number of amides is 2. The molecule has 1 atom stereocenters. The molecule has 2 aromatic rings. The molecule has 120 valence electrons. The van der Waals surface area contributed by atoms with Crippen LogP contribution in [0.25, 0.3) is 0 Å². The number of carbonyl (C=O) groups is 2. The van der Waals surface area contributed by atoms with E-state index in [1.165, 1.54) is 37.3 Å². The predicted octanol–water partition coefficient (Wildman–Crippen LogP) is 2.71. The molecule has 0 fully saturated rings. The number of hydrogen-bond donors (Lipinski definition) is 2. The SMILES string of the molecule is C[C@@H](Oc1ccccc1F)C(=O)NNC(=O)c1ccc(Cl)cc1. The summed E-state index contributed by atoms with van der Waals surface area (Å²) in [5.74, 6) is -1.74. The Morgan fingerprint density at radius 3 is 2.39 bits per heavy atom. The summed E-state index contributed by atoms with van der Waals surface area (Å²) < 4.78 is 18.6. The molecule has 0 aliphatic rings. The van der Waals surface area contributed by atoms with Crippen molar-refractivity contribution >= 4 is 23.4 Å². The lowest BCUT2D eigenvalue weighted by atomic mass is 10.2. The Labute approximate surface area is 137 Å². The Kier molecular flexibility index (Phi) is 5.54. The van der Waals surface area contributed by atoms with Crippen molar-refractivity contribution in [1.82, 2.24) is 10.9 Å². The summed E-state index contributed by atoms with van der Waals surface area (Å²) >= 11 is 5.73. The van der Waals surface area contributed by atoms with Gasteiger partial charge in [0.05, 0.1) is 0 Å². The monoisotopic (exact) mass is 336 g/mol. The molecular formula is C16H14ClFN2O3. The largest absolute Gasteiger partial charge is 0.478 e. The number of benzene rings is 2. The number of para-hydroxylation sites is 1. The van der Waals surface area contributed by atoms with Gasteiger partial charge in [-0.05, 0) is 43.3 Å². The summed E-state index contributed by atoms with van der Waals surface area (Å²) in [7, 11) is 0. The minimum atomic E-state index is -0.989. The van der Waals surface area contributed by atoms with Gasteiger partial charge in [-0.15, -0.1) is 0 Å². The van der Waals surface area contributed by atoms with Crippen molar-refractivity contribution in [1.29, 1.82) is 0 Å². The molecule has 0 unspecified atom stereocenters. The van der Waals surface area contributed by atoms with Crippen molar-refractivity contribution in [2.45, 2.75) is 13.0 Å². The van der Waals surface area contributed by atoms with Crippen molar-refractivity contribution in [3.8, 4) is 5.75 Å². The van der Waals surface area contributed by atoms with Gasteiger partial charge >= 0.3 is 0 Å². The first kappa shape index (κ1) is 16.8. The maximum absolute atomic E-state index is 13.4. The van der Waals surface area contributed by atoms with Crippen LogP contribution in [0.15, 0.2) is 48.5 Å². The molecule has 7 heteroatoms. The molecule has 0 aromatic heterocycles. The Morgan fingerprint density at radius 1 is 1.09 bits per heavy atom. The van der Waals surface area contributed by atoms with Crippen LogP contribution < -0.4 is 15.6 Å². The zero-order valence-corrected chi connectivity index (χ0v) is 12.9. The number of carbonyl (C=O) groups excluding carboxylic acids is 2. The normalized spacial score (nSPS) is 11.4. The van der Waals surface area contributed by atoms with Crippen molar-refractivity contribution in [2.75, 3.05) is 0 Å². The van der Waals surface area contributed by atoms with Gasteiger partial charge in [-0.1, -0.05) is 23.7 Å². The average molecular weight is 337 g/mol. The van der Waals surface area contributed by atoms with Gasteiger partial charge in [-0.3, -0.25) is 20.4 Å². The van der Waals surface area contributed by atoms with Gasteiger partial charge < -0.3 is 4.74 Å². The number of nitrogens with one attached hydrogen (secondary N) is 2. The molecule has 5 nitrogen and oxygen atoms in total. The Balaban J connectivity index is 1.87. The molecule has 0 radical (unpaired) electrons. The van der Waals surface area contributed by atoms with Crippen molar-refractivity contribution in [2.24, 2.45) is 0 Å². The van der Waals surface area contributed by atoms with Crippen LogP contribution in [-0.2, 0) is 4.79 Å². The predicted molar refractivity (Wildman–Crippen MR) is 83.6 cm³/mol. The molecule has 0 spiro atoms. The standard InChI is InChI=1S/C16H14ClFN2O3/c1-10(23-14-5-3-2-4-13(14)18)15(21)19-20-16(22)11-6-8-12(17)9-7-11/h2-10H,1H3,(H,19,21)(H,20,22)/t10-/m1/s1. The molecule has 23 heavy (non-hydrogen) atoms. The van der Waals surface area contributed by atoms with Crippen LogP contribution in [0.4, 0.5) is 4.39 Å². The first-order chi connectivity index (χ1) is 11.0. The van der Waals surface area contributed by atoms with E-state index in [0.29, 0.717) is 10.6 Å². The molecule has 0 saturated carbocycles. The zero-order chi connectivity index (χ0) is 16.8. The molecule has 0 saturated heterocycles. The van der Waals surface area contributed by atoms with Gasteiger partial charge in [0.25, 0.3) is 11.8 Å². The highest BCUT2D eigenvalue weighted by atomic mass is 35.5. The lowest BCUT2D eigenvalue weighted by Crippen LogP contribution is -2.47. The third kappa shape index (κ3) is 4.69. The minimum absolute atomic E-state index is 0.0424. The smallest absolute Gasteiger partial charge is 0.279 e. The van der Waals surface area contributed by atoms with E-state index in [1.807, 2.05) is 0 Å². The number of ether oxygens (including phenoxy) is 1. The van der Waals surface area contributed by atoms with Crippen LogP contribution >= 0.6 is 11.6 Å². The number of hydrazine groups is 1. The van der Waals surface area contributed by atoms with Crippen molar-refractivity contribution < 1.29 is 18.7 Å². The van der Waals surface area contributed by atoms with Crippen LogP contribution in [0.1, 0.15) is 17.3 Å². The third-order valence-electron chi connectivity index (χ3n) is 2.92. The summed E-state index contributed by atoms with van der Waals surface area (Å²) in [6.45, 7) is 1.44. The van der Waals surface area contributed by atoms with Crippen LogP contribution in [0.3, 0.4) is 0 Å². The van der Waals surface area contributed by atoms with Gasteiger partial charge in [-0.25, -0.2) is 4.39 Å². The quantitative estimate of drug-likeness (QED) is 0.844. The van der Waals surface area contributed by atoms with Crippen LogP contribution in [0, 0.1) is 5.82 Å². The van der Waals surface area contributed by atoms with Gasteiger partial charge in [0, 0.05) is 10.6 Å². The van der Waals surface area contributed by atoms with Crippen LogP contribution in [-0.4, -0.2) is 17.9 Å². The second-order valence-corrected chi connectivity index (χ2v) is 5.08. The maximum atomic E-state index is 13.4. The highest BCUT2D eigenvalue weighted by Gasteiger charge is 2.17. The van der Waals surface area contributed by atoms with E-state index in [-0.39, 0.29) is 5.75 Å². The first-order valence-electron chi connectivity index (χ1n) is 6.74. The van der Waals surface area contributed by atoms with Gasteiger partial charge in [0.15, 0.2) is 17.7 Å². The summed E-state index contributed by atoms with van der Waals surface area (Å²) in [6, 6.07) is 11.9. The fourth-order valence-corrected chi connectivity index (χ4v) is 1.80. The zero-order valence-electron chi connectivity index (χ0n) is 12.2. The fourth-order valence-electron chi connectivity index (χ4n) is 1.68. The summed E-state index contributed by atoms with van der Waals surface area (Å²) in [4.78, 5) is 23.7. The van der Waals surface area contributed by atoms with Crippen molar-refractivity contribution in [3.05, 3.63) is 64.9 Å². The molecule has 0 bridgehead atoms. The maximum Gasteiger partial charge on any atom is 0.279 e.